The van der Waals surface area contributed by atoms with E-state index in [0.29, 0.717) is 11.4 Å². The molecule has 1 aromatic carbocycles. The minimum Gasteiger partial charge on any atom is -0.385 e. The van der Waals surface area contributed by atoms with Gasteiger partial charge in [-0.2, -0.15) is 0 Å². The largest absolute Gasteiger partial charge is 0.385 e. The highest BCUT2D eigenvalue weighted by Gasteiger charge is 2.21. The summed E-state index contributed by atoms with van der Waals surface area (Å²) in [6.45, 7) is 13.3. The zero-order chi connectivity index (χ0) is 16.3. The topological polar surface area (TPSA) is 58.2 Å². The van der Waals surface area contributed by atoms with Crippen molar-refractivity contribution in [3.05, 3.63) is 23.3 Å². The molecular formula is C16H28N2O2S. The van der Waals surface area contributed by atoms with Crippen LogP contribution in [0.1, 0.15) is 45.2 Å². The molecule has 21 heavy (non-hydrogen) atoms. The Morgan fingerprint density at radius 2 is 1.62 bits per heavy atom. The molecule has 0 aromatic heterocycles. The van der Waals surface area contributed by atoms with Crippen molar-refractivity contribution in [1.82, 2.24) is 4.72 Å². The van der Waals surface area contributed by atoms with Crippen LogP contribution in [0, 0.1) is 19.3 Å². The van der Waals surface area contributed by atoms with Crippen LogP contribution in [-0.2, 0) is 10.0 Å². The standard InChI is InChI=1S/C16H28N2O2S/c1-7-17-14-10-12(2)15(13(3)11-14)21(19,20)18-9-8-16(4,5)6/h10-11,17-18H,7-9H2,1-6H3. The molecule has 0 aliphatic heterocycles. The summed E-state index contributed by atoms with van der Waals surface area (Å²) in [6, 6.07) is 3.77. The lowest BCUT2D eigenvalue weighted by Gasteiger charge is -2.19. The second-order valence-electron chi connectivity index (χ2n) is 6.68. The molecule has 0 saturated heterocycles. The summed E-state index contributed by atoms with van der Waals surface area (Å²) in [5, 5.41) is 3.22. The van der Waals surface area contributed by atoms with Gasteiger partial charge in [0.15, 0.2) is 0 Å². The van der Waals surface area contributed by atoms with Crippen LogP contribution in [0.3, 0.4) is 0 Å². The molecule has 120 valence electrons. The van der Waals surface area contributed by atoms with E-state index in [-0.39, 0.29) is 5.41 Å². The molecule has 0 fully saturated rings. The van der Waals surface area contributed by atoms with Gasteiger partial charge in [-0.1, -0.05) is 20.8 Å². The van der Waals surface area contributed by atoms with Gasteiger partial charge in [0.25, 0.3) is 0 Å². The smallest absolute Gasteiger partial charge is 0.241 e. The lowest BCUT2D eigenvalue weighted by atomic mass is 9.93. The molecule has 4 nitrogen and oxygen atoms in total. The molecular weight excluding hydrogens is 284 g/mol. The fraction of sp³-hybridized carbons (Fsp3) is 0.625. The lowest BCUT2D eigenvalue weighted by Crippen LogP contribution is -2.28. The third kappa shape index (κ3) is 5.32. The first-order valence-corrected chi connectivity index (χ1v) is 8.90. The average molecular weight is 312 g/mol. The number of benzene rings is 1. The highest BCUT2D eigenvalue weighted by atomic mass is 32.2. The Balaban J connectivity index is 2.98. The van der Waals surface area contributed by atoms with Crippen LogP contribution >= 0.6 is 0 Å². The van der Waals surface area contributed by atoms with Crippen molar-refractivity contribution in [2.45, 2.75) is 52.9 Å². The highest BCUT2D eigenvalue weighted by Crippen LogP contribution is 2.25. The zero-order valence-corrected chi connectivity index (χ0v) is 14.8. The van der Waals surface area contributed by atoms with E-state index >= 15 is 0 Å². The molecule has 0 aliphatic rings. The van der Waals surface area contributed by atoms with Gasteiger partial charge in [-0.15, -0.1) is 0 Å². The predicted molar refractivity (Wildman–Crippen MR) is 89.3 cm³/mol. The Labute approximate surface area is 129 Å². The first-order valence-electron chi connectivity index (χ1n) is 7.41. The molecule has 1 aromatic rings. The van der Waals surface area contributed by atoms with E-state index in [1.807, 2.05) is 32.9 Å². The fourth-order valence-corrected chi connectivity index (χ4v) is 3.79. The normalized spacial score (nSPS) is 12.5. The van der Waals surface area contributed by atoms with Crippen LogP contribution in [-0.4, -0.2) is 21.5 Å². The maximum Gasteiger partial charge on any atom is 0.241 e. The van der Waals surface area contributed by atoms with Gasteiger partial charge in [-0.3, -0.25) is 0 Å². The second kappa shape index (κ2) is 6.79. The Morgan fingerprint density at radius 1 is 1.10 bits per heavy atom. The molecule has 2 N–H and O–H groups in total. The molecule has 0 spiro atoms. The summed E-state index contributed by atoms with van der Waals surface area (Å²) >= 11 is 0. The van der Waals surface area contributed by atoms with Crippen LogP contribution in [0.15, 0.2) is 17.0 Å². The summed E-state index contributed by atoms with van der Waals surface area (Å²) < 4.78 is 27.7. The number of aryl methyl sites for hydroxylation is 2. The Bertz CT molecular complexity index is 564. The number of anilines is 1. The molecule has 0 heterocycles. The number of hydrogen-bond acceptors (Lipinski definition) is 3. The van der Waals surface area contributed by atoms with Crippen LogP contribution in [0.5, 0.6) is 0 Å². The molecule has 0 saturated carbocycles. The van der Waals surface area contributed by atoms with Crippen LogP contribution in [0.2, 0.25) is 0 Å². The van der Waals surface area contributed by atoms with E-state index in [1.165, 1.54) is 0 Å². The van der Waals surface area contributed by atoms with E-state index < -0.39 is 10.0 Å². The van der Waals surface area contributed by atoms with E-state index in [4.69, 9.17) is 0 Å². The van der Waals surface area contributed by atoms with Gasteiger partial charge < -0.3 is 5.32 Å². The third-order valence-corrected chi connectivity index (χ3v) is 5.04. The second-order valence-corrected chi connectivity index (χ2v) is 8.38. The first-order chi connectivity index (χ1) is 9.57. The summed E-state index contributed by atoms with van der Waals surface area (Å²) in [5.41, 5.74) is 2.62. The summed E-state index contributed by atoms with van der Waals surface area (Å²) in [4.78, 5) is 0.401. The fourth-order valence-electron chi connectivity index (χ4n) is 2.31. The monoisotopic (exact) mass is 312 g/mol. The van der Waals surface area contributed by atoms with Crippen molar-refractivity contribution >= 4 is 15.7 Å². The summed E-state index contributed by atoms with van der Waals surface area (Å²) in [6.07, 6.45) is 0.805. The molecule has 0 amide bonds. The van der Waals surface area contributed by atoms with Crippen molar-refractivity contribution in [2.24, 2.45) is 5.41 Å². The zero-order valence-electron chi connectivity index (χ0n) is 14.0. The minimum absolute atomic E-state index is 0.113. The van der Waals surface area contributed by atoms with Crippen molar-refractivity contribution in [1.29, 1.82) is 0 Å². The molecule has 0 unspecified atom stereocenters. The van der Waals surface area contributed by atoms with Gasteiger partial charge in [-0.25, -0.2) is 13.1 Å². The summed E-state index contributed by atoms with van der Waals surface area (Å²) in [5.74, 6) is 0. The predicted octanol–water partition coefficient (Wildman–Crippen LogP) is 3.45. The van der Waals surface area contributed by atoms with Gasteiger partial charge in [0.1, 0.15) is 0 Å². The van der Waals surface area contributed by atoms with E-state index in [0.717, 1.165) is 29.8 Å². The Hall–Kier alpha value is -1.07. The maximum absolute atomic E-state index is 12.5. The van der Waals surface area contributed by atoms with Gasteiger partial charge in [0.2, 0.25) is 10.0 Å². The number of hydrogen-bond donors (Lipinski definition) is 2. The van der Waals surface area contributed by atoms with Crippen molar-refractivity contribution in [3.63, 3.8) is 0 Å². The van der Waals surface area contributed by atoms with E-state index in [2.05, 4.69) is 30.8 Å². The van der Waals surface area contributed by atoms with Crippen molar-refractivity contribution in [3.8, 4) is 0 Å². The number of nitrogens with one attached hydrogen (secondary N) is 2. The van der Waals surface area contributed by atoms with Crippen LogP contribution < -0.4 is 10.0 Å². The minimum atomic E-state index is -3.45. The number of rotatable bonds is 6. The molecule has 0 atom stereocenters. The number of sulfonamides is 1. The van der Waals surface area contributed by atoms with Gasteiger partial charge in [0, 0.05) is 18.8 Å². The van der Waals surface area contributed by atoms with Crippen LogP contribution in [0.4, 0.5) is 5.69 Å². The van der Waals surface area contributed by atoms with Gasteiger partial charge in [0.05, 0.1) is 4.90 Å². The highest BCUT2D eigenvalue weighted by molar-refractivity contribution is 7.89. The molecule has 0 radical (unpaired) electrons. The molecule has 0 bridgehead atoms. The first kappa shape index (κ1) is 18.0. The maximum atomic E-state index is 12.5. The van der Waals surface area contributed by atoms with Gasteiger partial charge >= 0.3 is 0 Å². The molecule has 0 aliphatic carbocycles. The van der Waals surface area contributed by atoms with E-state index in [1.54, 1.807) is 0 Å². The lowest BCUT2D eigenvalue weighted by molar-refractivity contribution is 0.378. The third-order valence-electron chi connectivity index (χ3n) is 3.28. The molecule has 1 rings (SSSR count). The Kier molecular flexibility index (Phi) is 5.82. The molecule has 5 heteroatoms. The van der Waals surface area contributed by atoms with Gasteiger partial charge in [-0.05, 0) is 55.9 Å². The van der Waals surface area contributed by atoms with Crippen molar-refractivity contribution in [2.75, 3.05) is 18.4 Å². The van der Waals surface area contributed by atoms with Crippen molar-refractivity contribution < 1.29 is 8.42 Å². The SMILES string of the molecule is CCNc1cc(C)c(S(=O)(=O)NCCC(C)(C)C)c(C)c1. The summed E-state index contributed by atoms with van der Waals surface area (Å²) in [7, 11) is -3.45. The quantitative estimate of drug-likeness (QED) is 0.846. The van der Waals surface area contributed by atoms with E-state index in [9.17, 15) is 8.42 Å². The van der Waals surface area contributed by atoms with Crippen LogP contribution in [0.25, 0.3) is 0 Å². The Morgan fingerprint density at radius 3 is 2.05 bits per heavy atom. The average Bonchev–Trinajstić information content (AvgIpc) is 2.25.